The molecule has 0 unspecified atom stereocenters. The van der Waals surface area contributed by atoms with Gasteiger partial charge in [-0.2, -0.15) is 0 Å². The largest absolute Gasteiger partial charge is 0.448 e. The molecule has 0 aliphatic carbocycles. The zero-order chi connectivity index (χ0) is 15.8. The lowest BCUT2D eigenvalue weighted by Crippen LogP contribution is -2.47. The lowest BCUT2D eigenvalue weighted by Gasteiger charge is -2.31. The molecule has 23 heavy (non-hydrogen) atoms. The van der Waals surface area contributed by atoms with Crippen molar-refractivity contribution in [1.82, 2.24) is 14.8 Å². The van der Waals surface area contributed by atoms with Crippen LogP contribution in [0.5, 0.6) is 0 Å². The predicted molar refractivity (Wildman–Crippen MR) is 90.7 cm³/mol. The van der Waals surface area contributed by atoms with Crippen LogP contribution in [-0.4, -0.2) is 53.9 Å². The average Bonchev–Trinajstić information content (AvgIpc) is 3.21. The van der Waals surface area contributed by atoms with Crippen LogP contribution in [0.15, 0.2) is 40.8 Å². The number of rotatable bonds is 2. The van der Waals surface area contributed by atoms with Gasteiger partial charge >= 0.3 is 0 Å². The van der Waals surface area contributed by atoms with Gasteiger partial charge in [0.1, 0.15) is 0 Å². The Kier molecular flexibility index (Phi) is 3.63. The number of thiazole rings is 1. The normalized spacial score (nSPS) is 16.1. The second-order valence-electron chi connectivity index (χ2n) is 5.75. The first-order chi connectivity index (χ1) is 11.2. The van der Waals surface area contributed by atoms with Gasteiger partial charge in [-0.05, 0) is 31.3 Å². The Bertz CT molecular complexity index is 813. The van der Waals surface area contributed by atoms with Crippen molar-refractivity contribution in [3.8, 4) is 10.8 Å². The molecule has 0 bridgehead atoms. The number of nitrogens with zero attached hydrogens (tertiary/aromatic N) is 3. The molecule has 4 rings (SSSR count). The van der Waals surface area contributed by atoms with Gasteiger partial charge in [-0.15, -0.1) is 11.3 Å². The van der Waals surface area contributed by atoms with Crippen LogP contribution in [0.2, 0.25) is 0 Å². The third kappa shape index (κ3) is 2.75. The minimum atomic E-state index is -0.0366. The highest BCUT2D eigenvalue weighted by Gasteiger charge is 2.23. The van der Waals surface area contributed by atoms with Crippen molar-refractivity contribution in [3.05, 3.63) is 42.2 Å². The van der Waals surface area contributed by atoms with E-state index < -0.39 is 0 Å². The number of aromatic nitrogens is 1. The number of likely N-dealkylation sites (N-methyl/N-ethyl adjacent to an activating group) is 1. The monoisotopic (exact) mass is 327 g/mol. The molecule has 1 amide bonds. The Morgan fingerprint density at radius 2 is 1.91 bits per heavy atom. The topological polar surface area (TPSA) is 49.6 Å². The van der Waals surface area contributed by atoms with Crippen LogP contribution in [-0.2, 0) is 0 Å². The van der Waals surface area contributed by atoms with Gasteiger partial charge in [0.05, 0.1) is 10.2 Å². The average molecular weight is 327 g/mol. The van der Waals surface area contributed by atoms with Crippen molar-refractivity contribution >= 4 is 27.5 Å². The molecule has 0 saturated carbocycles. The van der Waals surface area contributed by atoms with Crippen molar-refractivity contribution in [2.75, 3.05) is 33.2 Å². The lowest BCUT2D eigenvalue weighted by atomic mass is 10.3. The first kappa shape index (κ1) is 14.4. The number of hydrogen-bond donors (Lipinski definition) is 0. The molecule has 0 atom stereocenters. The molecule has 5 nitrogen and oxygen atoms in total. The molecule has 6 heteroatoms. The Hall–Kier alpha value is -2.18. The number of carbonyl (C=O) groups is 1. The summed E-state index contributed by atoms with van der Waals surface area (Å²) in [4.78, 5) is 21.2. The van der Waals surface area contributed by atoms with E-state index in [9.17, 15) is 4.79 Å². The smallest absolute Gasteiger partial charge is 0.289 e. The van der Waals surface area contributed by atoms with E-state index in [0.29, 0.717) is 11.5 Å². The van der Waals surface area contributed by atoms with E-state index >= 15 is 0 Å². The van der Waals surface area contributed by atoms with Crippen molar-refractivity contribution in [1.29, 1.82) is 0 Å². The quantitative estimate of drug-likeness (QED) is 0.726. The number of benzene rings is 1. The minimum Gasteiger partial charge on any atom is -0.448 e. The van der Waals surface area contributed by atoms with Gasteiger partial charge in [0.2, 0.25) is 0 Å². The summed E-state index contributed by atoms with van der Waals surface area (Å²) in [6.45, 7) is 3.29. The summed E-state index contributed by atoms with van der Waals surface area (Å²) in [5.74, 6) is 1.01. The fourth-order valence-electron chi connectivity index (χ4n) is 2.71. The number of para-hydroxylation sites is 1. The summed E-state index contributed by atoms with van der Waals surface area (Å²) in [5, 5.41) is 0.809. The Morgan fingerprint density at radius 3 is 2.70 bits per heavy atom. The van der Waals surface area contributed by atoms with Crippen molar-refractivity contribution in [3.63, 3.8) is 0 Å². The summed E-state index contributed by atoms with van der Waals surface area (Å²) in [5.41, 5.74) is 0.954. The van der Waals surface area contributed by atoms with E-state index in [2.05, 4.69) is 16.9 Å². The first-order valence-corrected chi connectivity index (χ1v) is 8.46. The summed E-state index contributed by atoms with van der Waals surface area (Å²) >= 11 is 1.57. The van der Waals surface area contributed by atoms with Gasteiger partial charge < -0.3 is 14.2 Å². The molecule has 3 heterocycles. The first-order valence-electron chi connectivity index (χ1n) is 7.64. The molecular formula is C17H17N3O2S. The highest BCUT2D eigenvalue weighted by Crippen LogP contribution is 2.31. The molecule has 1 saturated heterocycles. The maximum absolute atomic E-state index is 12.5. The third-order valence-corrected chi connectivity index (χ3v) is 5.16. The third-order valence-electron chi connectivity index (χ3n) is 4.11. The summed E-state index contributed by atoms with van der Waals surface area (Å²) in [7, 11) is 2.07. The highest BCUT2D eigenvalue weighted by molar-refractivity contribution is 7.21. The lowest BCUT2D eigenvalue weighted by molar-refractivity contribution is 0.0633. The van der Waals surface area contributed by atoms with E-state index in [1.807, 2.05) is 35.2 Å². The van der Waals surface area contributed by atoms with Gasteiger partial charge in [-0.25, -0.2) is 4.98 Å². The summed E-state index contributed by atoms with van der Waals surface area (Å²) < 4.78 is 6.90. The van der Waals surface area contributed by atoms with E-state index in [4.69, 9.17) is 4.42 Å². The molecule has 0 spiro atoms. The van der Waals surface area contributed by atoms with Crippen LogP contribution in [0.1, 0.15) is 10.6 Å². The van der Waals surface area contributed by atoms with Crippen molar-refractivity contribution < 1.29 is 9.21 Å². The molecule has 1 fully saturated rings. The number of furan rings is 1. The van der Waals surface area contributed by atoms with Gasteiger partial charge in [-0.1, -0.05) is 12.1 Å². The Labute approximate surface area is 138 Å². The molecule has 1 aliphatic rings. The minimum absolute atomic E-state index is 0.0366. The standard InChI is InChI=1S/C17H17N3O2S/c1-19-8-10-20(11-9-19)17(21)14-7-6-13(22-14)16-18-12-4-2-3-5-15(12)23-16/h2-7H,8-11H2,1H3. The van der Waals surface area contributed by atoms with E-state index in [0.717, 1.165) is 41.4 Å². The fraction of sp³-hybridized carbons (Fsp3) is 0.294. The van der Waals surface area contributed by atoms with E-state index in [1.165, 1.54) is 0 Å². The number of piperazine rings is 1. The SMILES string of the molecule is CN1CCN(C(=O)c2ccc(-c3nc4ccccc4s3)o2)CC1. The van der Waals surface area contributed by atoms with Gasteiger partial charge in [-0.3, -0.25) is 4.79 Å². The second kappa shape index (κ2) is 5.79. The zero-order valence-corrected chi connectivity index (χ0v) is 13.7. The summed E-state index contributed by atoms with van der Waals surface area (Å²) in [6, 6.07) is 11.6. The fourth-order valence-corrected chi connectivity index (χ4v) is 3.64. The number of hydrogen-bond acceptors (Lipinski definition) is 5. The predicted octanol–water partition coefficient (Wildman–Crippen LogP) is 2.94. The highest BCUT2D eigenvalue weighted by atomic mass is 32.1. The number of carbonyl (C=O) groups excluding carboxylic acids is 1. The van der Waals surface area contributed by atoms with E-state index in [-0.39, 0.29) is 5.91 Å². The number of fused-ring (bicyclic) bond motifs is 1. The summed E-state index contributed by atoms with van der Waals surface area (Å²) in [6.07, 6.45) is 0. The van der Waals surface area contributed by atoms with Crippen LogP contribution < -0.4 is 0 Å². The zero-order valence-electron chi connectivity index (χ0n) is 12.9. The van der Waals surface area contributed by atoms with Crippen molar-refractivity contribution in [2.45, 2.75) is 0 Å². The van der Waals surface area contributed by atoms with Crippen LogP contribution >= 0.6 is 11.3 Å². The van der Waals surface area contributed by atoms with Crippen LogP contribution in [0, 0.1) is 0 Å². The molecular weight excluding hydrogens is 310 g/mol. The molecule has 2 aromatic heterocycles. The van der Waals surface area contributed by atoms with Gasteiger partial charge in [0.15, 0.2) is 16.5 Å². The van der Waals surface area contributed by atoms with Crippen molar-refractivity contribution in [2.24, 2.45) is 0 Å². The molecule has 118 valence electrons. The van der Waals surface area contributed by atoms with Gasteiger partial charge in [0.25, 0.3) is 5.91 Å². The maximum Gasteiger partial charge on any atom is 0.289 e. The Morgan fingerprint density at radius 1 is 1.13 bits per heavy atom. The second-order valence-corrected chi connectivity index (χ2v) is 6.78. The Balaban J connectivity index is 1.57. The van der Waals surface area contributed by atoms with Crippen LogP contribution in [0.3, 0.4) is 0 Å². The van der Waals surface area contributed by atoms with E-state index in [1.54, 1.807) is 17.4 Å². The number of amides is 1. The van der Waals surface area contributed by atoms with Crippen LogP contribution in [0.25, 0.3) is 21.0 Å². The van der Waals surface area contributed by atoms with Crippen LogP contribution in [0.4, 0.5) is 0 Å². The van der Waals surface area contributed by atoms with Gasteiger partial charge in [0, 0.05) is 26.2 Å². The molecule has 3 aromatic rings. The molecule has 0 N–H and O–H groups in total. The maximum atomic E-state index is 12.5. The molecule has 1 aromatic carbocycles. The molecule has 1 aliphatic heterocycles. The molecule has 0 radical (unpaired) electrons.